The summed E-state index contributed by atoms with van der Waals surface area (Å²) >= 11 is 1.73. The van der Waals surface area contributed by atoms with Crippen molar-refractivity contribution in [3.8, 4) is 0 Å². The minimum Gasteiger partial charge on any atom is -0.467 e. The molecule has 1 saturated heterocycles. The number of aromatic nitrogens is 1. The van der Waals surface area contributed by atoms with Gasteiger partial charge < -0.3 is 9.73 Å². The number of hydrogen-bond acceptors (Lipinski definition) is 7. The van der Waals surface area contributed by atoms with Crippen LogP contribution in [0.1, 0.15) is 10.8 Å². The first-order valence-corrected chi connectivity index (χ1v) is 10.4. The van der Waals surface area contributed by atoms with Gasteiger partial charge in [0.1, 0.15) is 10.8 Å². The van der Waals surface area contributed by atoms with Gasteiger partial charge in [0.15, 0.2) is 0 Å². The van der Waals surface area contributed by atoms with Crippen molar-refractivity contribution in [2.24, 2.45) is 0 Å². The monoisotopic (exact) mass is 413 g/mol. The molecule has 3 aromatic rings. The highest BCUT2D eigenvalue weighted by Crippen LogP contribution is 2.22. The number of carbonyl (C=O) groups excluding carboxylic acids is 2. The van der Waals surface area contributed by atoms with E-state index >= 15 is 0 Å². The summed E-state index contributed by atoms with van der Waals surface area (Å²) in [7, 11) is 0. The smallest absolute Gasteiger partial charge is 0.321 e. The number of urea groups is 1. The summed E-state index contributed by atoms with van der Waals surface area (Å²) in [5.74, 6) is 0.332. The van der Waals surface area contributed by atoms with E-state index in [0.29, 0.717) is 5.76 Å². The number of fused-ring (bicyclic) bond motifs is 1. The second kappa shape index (κ2) is 9.17. The lowest BCUT2D eigenvalue weighted by molar-refractivity contribution is -0.121. The van der Waals surface area contributed by atoms with Crippen LogP contribution in [0.15, 0.2) is 47.1 Å². The molecule has 0 atom stereocenters. The van der Waals surface area contributed by atoms with Gasteiger partial charge in [0.2, 0.25) is 5.91 Å². The predicted molar refractivity (Wildman–Crippen MR) is 110 cm³/mol. The first-order valence-electron chi connectivity index (χ1n) is 9.55. The first kappa shape index (κ1) is 19.6. The molecule has 0 bridgehead atoms. The molecule has 0 saturated carbocycles. The topological polar surface area (TPSA) is 90.7 Å². The molecule has 0 spiro atoms. The normalized spacial score (nSPS) is 15.4. The van der Waals surface area contributed by atoms with E-state index in [9.17, 15) is 9.59 Å². The Kier molecular flexibility index (Phi) is 6.18. The number of nitrogens with one attached hydrogen (secondary N) is 2. The van der Waals surface area contributed by atoms with Crippen LogP contribution < -0.4 is 10.6 Å². The maximum atomic E-state index is 12.1. The molecule has 1 aromatic carbocycles. The number of amides is 3. The number of thiazole rings is 1. The number of piperazine rings is 1. The highest BCUT2D eigenvalue weighted by molar-refractivity contribution is 7.18. The third-order valence-corrected chi connectivity index (χ3v) is 5.81. The summed E-state index contributed by atoms with van der Waals surface area (Å²) in [4.78, 5) is 33.0. The second-order valence-corrected chi connectivity index (χ2v) is 8.05. The Balaban J connectivity index is 1.17. The Hall–Kier alpha value is -2.75. The number of carbonyl (C=O) groups is 2. The van der Waals surface area contributed by atoms with Crippen molar-refractivity contribution in [1.29, 1.82) is 0 Å². The van der Waals surface area contributed by atoms with Gasteiger partial charge in [0, 0.05) is 26.2 Å². The van der Waals surface area contributed by atoms with Gasteiger partial charge in [-0.25, -0.2) is 9.78 Å². The van der Waals surface area contributed by atoms with Gasteiger partial charge in [-0.1, -0.05) is 12.1 Å². The second-order valence-electron chi connectivity index (χ2n) is 6.94. The van der Waals surface area contributed by atoms with E-state index in [4.69, 9.17) is 9.40 Å². The molecular formula is C20H23N5O3S. The van der Waals surface area contributed by atoms with Crippen LogP contribution >= 0.6 is 11.3 Å². The van der Waals surface area contributed by atoms with Gasteiger partial charge in [-0.05, 0) is 24.3 Å². The van der Waals surface area contributed by atoms with Crippen LogP contribution in [0.25, 0.3) is 10.2 Å². The average molecular weight is 414 g/mol. The lowest BCUT2D eigenvalue weighted by Crippen LogP contribution is -2.50. The zero-order valence-electron chi connectivity index (χ0n) is 16.0. The van der Waals surface area contributed by atoms with E-state index in [-0.39, 0.29) is 19.0 Å². The van der Waals surface area contributed by atoms with Crippen molar-refractivity contribution in [1.82, 2.24) is 25.4 Å². The lowest BCUT2D eigenvalue weighted by Gasteiger charge is -2.33. The fourth-order valence-corrected chi connectivity index (χ4v) is 4.29. The molecule has 4 rings (SSSR count). The van der Waals surface area contributed by atoms with E-state index < -0.39 is 6.03 Å². The van der Waals surface area contributed by atoms with Crippen LogP contribution in [0.4, 0.5) is 4.79 Å². The molecule has 0 aliphatic carbocycles. The van der Waals surface area contributed by atoms with Crippen molar-refractivity contribution >= 4 is 33.5 Å². The van der Waals surface area contributed by atoms with Crippen LogP contribution in [0.3, 0.4) is 0 Å². The molecule has 1 aliphatic rings. The Morgan fingerprint density at radius 2 is 1.86 bits per heavy atom. The van der Waals surface area contributed by atoms with Gasteiger partial charge in [-0.15, -0.1) is 11.3 Å². The standard InChI is InChI=1S/C20H23N5O3S/c26-18(23-20(27)21-12-15-4-3-11-28-15)13-24-7-9-25(10-8-24)14-19-22-16-5-1-2-6-17(16)29-19/h1-6,11H,7-10,12-14H2,(H2,21,23,26,27). The Labute approximate surface area is 172 Å². The third kappa shape index (κ3) is 5.41. The summed E-state index contributed by atoms with van der Waals surface area (Å²) in [6.45, 7) is 4.59. The number of benzene rings is 1. The van der Waals surface area contributed by atoms with Gasteiger partial charge in [-0.3, -0.25) is 19.9 Å². The van der Waals surface area contributed by atoms with Crippen LogP contribution in [0.5, 0.6) is 0 Å². The SMILES string of the molecule is O=C(CN1CCN(Cc2nc3ccccc3s2)CC1)NC(=O)NCc1ccco1. The molecule has 152 valence electrons. The third-order valence-electron chi connectivity index (χ3n) is 4.79. The number of hydrogen-bond donors (Lipinski definition) is 2. The largest absolute Gasteiger partial charge is 0.467 e. The number of furan rings is 1. The van der Waals surface area contributed by atoms with E-state index in [2.05, 4.69) is 26.5 Å². The first-order chi connectivity index (χ1) is 14.2. The molecule has 1 fully saturated rings. The zero-order chi connectivity index (χ0) is 20.1. The van der Waals surface area contributed by atoms with Crippen LogP contribution in [0, 0.1) is 0 Å². The van der Waals surface area contributed by atoms with Gasteiger partial charge in [-0.2, -0.15) is 0 Å². The molecule has 3 amide bonds. The maximum absolute atomic E-state index is 12.1. The molecule has 2 N–H and O–H groups in total. The van der Waals surface area contributed by atoms with Crippen molar-refractivity contribution in [3.63, 3.8) is 0 Å². The van der Waals surface area contributed by atoms with E-state index in [1.807, 2.05) is 18.2 Å². The molecule has 8 nitrogen and oxygen atoms in total. The van der Waals surface area contributed by atoms with Crippen LogP contribution in [-0.2, 0) is 17.9 Å². The van der Waals surface area contributed by atoms with Crippen molar-refractivity contribution < 1.29 is 14.0 Å². The highest BCUT2D eigenvalue weighted by Gasteiger charge is 2.20. The Morgan fingerprint density at radius 1 is 1.07 bits per heavy atom. The number of para-hydroxylation sites is 1. The fourth-order valence-electron chi connectivity index (χ4n) is 3.28. The molecule has 0 radical (unpaired) electrons. The number of nitrogens with zero attached hydrogens (tertiary/aromatic N) is 3. The minimum absolute atomic E-state index is 0.211. The lowest BCUT2D eigenvalue weighted by atomic mass is 10.3. The Morgan fingerprint density at radius 3 is 2.62 bits per heavy atom. The molecular weight excluding hydrogens is 390 g/mol. The number of rotatable bonds is 6. The van der Waals surface area contributed by atoms with E-state index in [1.54, 1.807) is 23.5 Å². The van der Waals surface area contributed by atoms with Crippen molar-refractivity contribution in [2.45, 2.75) is 13.1 Å². The van der Waals surface area contributed by atoms with Crippen molar-refractivity contribution in [3.05, 3.63) is 53.4 Å². The molecule has 0 unspecified atom stereocenters. The van der Waals surface area contributed by atoms with Crippen LogP contribution in [0.2, 0.25) is 0 Å². The molecule has 2 aromatic heterocycles. The predicted octanol–water partition coefficient (Wildman–Crippen LogP) is 2.03. The summed E-state index contributed by atoms with van der Waals surface area (Å²) < 4.78 is 6.35. The average Bonchev–Trinajstić information content (AvgIpc) is 3.37. The molecule has 9 heteroatoms. The van der Waals surface area contributed by atoms with Gasteiger partial charge in [0.25, 0.3) is 0 Å². The van der Waals surface area contributed by atoms with Gasteiger partial charge >= 0.3 is 6.03 Å². The fraction of sp³-hybridized carbons (Fsp3) is 0.350. The quantitative estimate of drug-likeness (QED) is 0.643. The van der Waals surface area contributed by atoms with E-state index in [0.717, 1.165) is 43.2 Å². The summed E-state index contributed by atoms with van der Waals surface area (Å²) in [6, 6.07) is 11.2. The maximum Gasteiger partial charge on any atom is 0.321 e. The van der Waals surface area contributed by atoms with Gasteiger partial charge in [0.05, 0.1) is 36.1 Å². The van der Waals surface area contributed by atoms with E-state index in [1.165, 1.54) is 11.0 Å². The number of imide groups is 1. The molecule has 1 aliphatic heterocycles. The summed E-state index contributed by atoms with van der Waals surface area (Å²) in [6.07, 6.45) is 1.54. The highest BCUT2D eigenvalue weighted by atomic mass is 32.1. The summed E-state index contributed by atoms with van der Waals surface area (Å²) in [5.41, 5.74) is 1.05. The van der Waals surface area contributed by atoms with Crippen LogP contribution in [-0.4, -0.2) is 59.4 Å². The molecule has 29 heavy (non-hydrogen) atoms. The van der Waals surface area contributed by atoms with Crippen molar-refractivity contribution in [2.75, 3.05) is 32.7 Å². The summed E-state index contributed by atoms with van der Waals surface area (Å²) in [5, 5.41) is 6.08. The Bertz CT molecular complexity index is 931. The molecule has 3 heterocycles. The minimum atomic E-state index is -0.513. The zero-order valence-corrected chi connectivity index (χ0v) is 16.8.